The van der Waals surface area contributed by atoms with Crippen LogP contribution in [0.25, 0.3) is 5.57 Å². The van der Waals surface area contributed by atoms with Gasteiger partial charge in [0.05, 0.1) is 8.07 Å². The fourth-order valence-corrected chi connectivity index (χ4v) is 6.68. The summed E-state index contributed by atoms with van der Waals surface area (Å²) in [5, 5.41) is 0. The van der Waals surface area contributed by atoms with Gasteiger partial charge in [-0.25, -0.2) is 0 Å². The van der Waals surface area contributed by atoms with Crippen LogP contribution in [0.3, 0.4) is 0 Å². The van der Waals surface area contributed by atoms with Crippen LogP contribution in [0.4, 0.5) is 0 Å². The van der Waals surface area contributed by atoms with Gasteiger partial charge in [0.1, 0.15) is 0 Å². The molecule has 0 unspecified atom stereocenters. The first kappa shape index (κ1) is 15.6. The van der Waals surface area contributed by atoms with E-state index in [0.29, 0.717) is 0 Å². The van der Waals surface area contributed by atoms with Crippen molar-refractivity contribution in [3.05, 3.63) is 42.0 Å². The van der Waals surface area contributed by atoms with Crippen LogP contribution in [-0.4, -0.2) is 8.07 Å². The first-order valence-electron chi connectivity index (χ1n) is 8.50. The molecule has 110 valence electrons. The molecule has 0 nitrogen and oxygen atoms in total. The van der Waals surface area contributed by atoms with Crippen LogP contribution in [0.15, 0.2) is 36.4 Å². The van der Waals surface area contributed by atoms with E-state index < -0.39 is 8.07 Å². The van der Waals surface area contributed by atoms with Crippen LogP contribution in [-0.2, 0) is 0 Å². The molecule has 2 rings (SSSR count). The van der Waals surface area contributed by atoms with Gasteiger partial charge in [0.25, 0.3) is 0 Å². The molecule has 0 aliphatic heterocycles. The second-order valence-corrected chi connectivity index (χ2v) is 12.0. The molecule has 0 N–H and O–H groups in total. The Morgan fingerprint density at radius 2 is 1.65 bits per heavy atom. The van der Waals surface area contributed by atoms with Gasteiger partial charge in [0.2, 0.25) is 0 Å². The summed E-state index contributed by atoms with van der Waals surface area (Å²) in [5.41, 5.74) is 3.10. The topological polar surface area (TPSA) is 0 Å². The molecule has 1 fully saturated rings. The maximum absolute atomic E-state index is 2.58. The monoisotopic (exact) mass is 286 g/mol. The van der Waals surface area contributed by atoms with E-state index in [9.17, 15) is 0 Å². The van der Waals surface area contributed by atoms with Gasteiger partial charge in [-0.15, -0.1) is 0 Å². The van der Waals surface area contributed by atoms with Crippen LogP contribution < -0.4 is 0 Å². The molecule has 1 heteroatoms. The van der Waals surface area contributed by atoms with Crippen molar-refractivity contribution in [2.24, 2.45) is 5.92 Å². The van der Waals surface area contributed by atoms with Gasteiger partial charge in [-0.05, 0) is 36.3 Å². The van der Waals surface area contributed by atoms with Crippen LogP contribution in [0, 0.1) is 5.92 Å². The molecule has 1 aromatic carbocycles. The Kier molecular flexibility index (Phi) is 5.65. The van der Waals surface area contributed by atoms with Gasteiger partial charge in [-0.2, -0.15) is 0 Å². The molecular weight excluding hydrogens is 256 g/mol. The quantitative estimate of drug-likeness (QED) is 0.486. The number of hydrogen-bond donors (Lipinski definition) is 0. The second kappa shape index (κ2) is 7.26. The fraction of sp³-hybridized carbons (Fsp3) is 0.579. The molecule has 1 aliphatic carbocycles. The largest absolute Gasteiger partial charge is 0.0807 e. The minimum atomic E-state index is -0.944. The third-order valence-electron chi connectivity index (χ3n) is 5.41. The van der Waals surface area contributed by atoms with Crippen molar-refractivity contribution >= 4 is 13.6 Å². The van der Waals surface area contributed by atoms with Crippen molar-refractivity contribution in [2.45, 2.75) is 64.2 Å². The smallest absolute Gasteiger partial charge is 0.0530 e. The Balaban J connectivity index is 2.04. The van der Waals surface area contributed by atoms with E-state index in [-0.39, 0.29) is 0 Å². The average Bonchev–Trinajstić information content (AvgIpc) is 3.34. The van der Waals surface area contributed by atoms with Crippen molar-refractivity contribution in [1.29, 1.82) is 0 Å². The van der Waals surface area contributed by atoms with Gasteiger partial charge in [-0.3, -0.25) is 0 Å². The van der Waals surface area contributed by atoms with Gasteiger partial charge >= 0.3 is 0 Å². The maximum atomic E-state index is 2.58. The maximum Gasteiger partial charge on any atom is 0.0530 e. The lowest BCUT2D eigenvalue weighted by molar-refractivity contribution is 1.04. The third kappa shape index (κ3) is 3.85. The fourth-order valence-electron chi connectivity index (χ4n) is 3.36. The highest BCUT2D eigenvalue weighted by atomic mass is 28.3. The van der Waals surface area contributed by atoms with E-state index >= 15 is 0 Å². The minimum absolute atomic E-state index is 0.860. The summed E-state index contributed by atoms with van der Waals surface area (Å²) in [4.78, 5) is 0. The standard InChI is InChI=1S/C19H30Si/c1-4-20(5-2,6-3)16-10-13-19(18-14-15-18)17-11-8-7-9-12-17/h7-9,11-13,18H,4-6,10,14-16H2,1-3H3/b19-13-. The first-order chi connectivity index (χ1) is 9.74. The Morgan fingerprint density at radius 1 is 1.05 bits per heavy atom. The van der Waals surface area contributed by atoms with Crippen molar-refractivity contribution in [1.82, 2.24) is 0 Å². The van der Waals surface area contributed by atoms with Gasteiger partial charge in [-0.1, -0.05) is 81.4 Å². The highest BCUT2D eigenvalue weighted by molar-refractivity contribution is 6.79. The molecule has 0 aromatic heterocycles. The predicted molar refractivity (Wildman–Crippen MR) is 93.8 cm³/mol. The van der Waals surface area contributed by atoms with Crippen LogP contribution in [0.1, 0.15) is 45.6 Å². The Hall–Kier alpha value is -0.823. The molecule has 1 saturated carbocycles. The molecule has 0 heterocycles. The van der Waals surface area contributed by atoms with Crippen LogP contribution in [0.5, 0.6) is 0 Å². The van der Waals surface area contributed by atoms with Gasteiger partial charge in [0, 0.05) is 0 Å². The molecule has 0 bridgehead atoms. The molecule has 0 amide bonds. The van der Waals surface area contributed by atoms with E-state index in [0.717, 1.165) is 5.92 Å². The average molecular weight is 287 g/mol. The normalized spacial score (nSPS) is 16.4. The summed E-state index contributed by atoms with van der Waals surface area (Å²) in [5.74, 6) is 0.860. The summed E-state index contributed by atoms with van der Waals surface area (Å²) in [6, 6.07) is 16.9. The van der Waals surface area contributed by atoms with E-state index in [4.69, 9.17) is 0 Å². The summed E-state index contributed by atoms with van der Waals surface area (Å²) >= 11 is 0. The SMILES string of the molecule is CC[Si](CC)(CC)CC/C=C(/c1ccccc1)C1CC1. The van der Waals surface area contributed by atoms with E-state index in [1.54, 1.807) is 5.57 Å². The van der Waals surface area contributed by atoms with Gasteiger partial charge < -0.3 is 0 Å². The van der Waals surface area contributed by atoms with Crippen molar-refractivity contribution in [3.8, 4) is 0 Å². The molecule has 0 saturated heterocycles. The van der Waals surface area contributed by atoms with Crippen molar-refractivity contribution in [2.75, 3.05) is 0 Å². The number of allylic oxidation sites excluding steroid dienone is 2. The molecular formula is C19H30Si. The minimum Gasteiger partial charge on any atom is -0.0807 e. The predicted octanol–water partition coefficient (Wildman–Crippen LogP) is 6.38. The lowest BCUT2D eigenvalue weighted by atomic mass is 10.0. The number of rotatable bonds is 8. The zero-order chi connectivity index (χ0) is 14.4. The van der Waals surface area contributed by atoms with Gasteiger partial charge in [0.15, 0.2) is 0 Å². The lowest BCUT2D eigenvalue weighted by Crippen LogP contribution is -2.30. The Labute approximate surface area is 126 Å². The summed E-state index contributed by atoms with van der Waals surface area (Å²) in [6.45, 7) is 7.26. The number of hydrogen-bond acceptors (Lipinski definition) is 0. The van der Waals surface area contributed by atoms with E-state index in [2.05, 4.69) is 57.2 Å². The molecule has 1 aliphatic rings. The molecule has 1 aromatic rings. The molecule has 20 heavy (non-hydrogen) atoms. The highest BCUT2D eigenvalue weighted by Crippen LogP contribution is 2.42. The molecule has 0 radical (unpaired) electrons. The molecule has 0 atom stereocenters. The summed E-state index contributed by atoms with van der Waals surface area (Å²) in [6.07, 6.45) is 6.69. The second-order valence-electron chi connectivity index (χ2n) is 6.40. The zero-order valence-corrected chi connectivity index (χ0v) is 14.5. The lowest BCUT2D eigenvalue weighted by Gasteiger charge is -2.27. The summed E-state index contributed by atoms with van der Waals surface area (Å²) < 4.78 is 0. The molecule has 0 spiro atoms. The third-order valence-corrected chi connectivity index (χ3v) is 11.3. The Morgan fingerprint density at radius 3 is 2.15 bits per heavy atom. The zero-order valence-electron chi connectivity index (χ0n) is 13.5. The van der Waals surface area contributed by atoms with E-state index in [1.165, 1.54) is 49.0 Å². The Bertz CT molecular complexity index is 416. The van der Waals surface area contributed by atoms with Crippen LogP contribution >= 0.6 is 0 Å². The van der Waals surface area contributed by atoms with E-state index in [1.807, 2.05) is 0 Å². The highest BCUT2D eigenvalue weighted by Gasteiger charge is 2.28. The summed E-state index contributed by atoms with van der Waals surface area (Å²) in [7, 11) is -0.944. The van der Waals surface area contributed by atoms with Crippen LogP contribution in [0.2, 0.25) is 24.2 Å². The van der Waals surface area contributed by atoms with Crippen molar-refractivity contribution in [3.63, 3.8) is 0 Å². The number of benzene rings is 1. The van der Waals surface area contributed by atoms with Crippen molar-refractivity contribution < 1.29 is 0 Å². The first-order valence-corrected chi connectivity index (χ1v) is 11.3.